The van der Waals surface area contributed by atoms with Gasteiger partial charge in [-0.15, -0.1) is 0 Å². The van der Waals surface area contributed by atoms with Crippen LogP contribution in [0.25, 0.3) is 0 Å². The van der Waals surface area contributed by atoms with Gasteiger partial charge in [-0.05, 0) is 38.5 Å². The molecule has 0 heterocycles. The van der Waals surface area contributed by atoms with E-state index in [1.165, 1.54) is 0 Å². The Morgan fingerprint density at radius 1 is 1.37 bits per heavy atom. The molecule has 0 saturated heterocycles. The number of halogens is 1. The van der Waals surface area contributed by atoms with Gasteiger partial charge in [-0.3, -0.25) is 9.59 Å². The summed E-state index contributed by atoms with van der Waals surface area (Å²) in [5.41, 5.74) is 6.01. The molecular weight excluding hydrogens is 312 g/mol. The summed E-state index contributed by atoms with van der Waals surface area (Å²) in [7, 11) is 0. The van der Waals surface area contributed by atoms with Crippen molar-refractivity contribution in [3.63, 3.8) is 0 Å². The molecule has 1 rings (SSSR count). The molecule has 0 aliphatic rings. The van der Waals surface area contributed by atoms with Crippen LogP contribution in [0, 0.1) is 0 Å². The summed E-state index contributed by atoms with van der Waals surface area (Å²) in [5, 5.41) is 11.5. The van der Waals surface area contributed by atoms with Crippen molar-refractivity contribution >= 4 is 33.5 Å². The van der Waals surface area contributed by atoms with E-state index in [1.54, 1.807) is 32.0 Å². The molecular formula is C13H17BrN2O3. The molecule has 1 aromatic carbocycles. The van der Waals surface area contributed by atoms with E-state index in [9.17, 15) is 9.59 Å². The number of hydrogen-bond donors (Lipinski definition) is 3. The van der Waals surface area contributed by atoms with E-state index in [2.05, 4.69) is 21.2 Å². The standard InChI is InChI=1S/C13H17BrN2O3/c1-13(2,4-3-11(17)18)16-12(19)8-5-9(14)7-10(15)6-8/h5-7H,3-4,15H2,1-2H3,(H,16,19)(H,17,18). The molecule has 0 spiro atoms. The topological polar surface area (TPSA) is 92.4 Å². The van der Waals surface area contributed by atoms with Crippen molar-refractivity contribution in [1.82, 2.24) is 5.32 Å². The minimum absolute atomic E-state index is 0.00784. The van der Waals surface area contributed by atoms with Gasteiger partial charge in [-0.2, -0.15) is 0 Å². The van der Waals surface area contributed by atoms with Gasteiger partial charge in [0, 0.05) is 27.7 Å². The second kappa shape index (κ2) is 6.06. The highest BCUT2D eigenvalue weighted by atomic mass is 79.9. The first-order chi connectivity index (χ1) is 8.69. The zero-order chi connectivity index (χ0) is 14.6. The number of hydrogen-bond acceptors (Lipinski definition) is 3. The number of nitrogens with one attached hydrogen (secondary N) is 1. The highest BCUT2D eigenvalue weighted by Gasteiger charge is 2.22. The maximum absolute atomic E-state index is 12.1. The first kappa shape index (κ1) is 15.5. The van der Waals surface area contributed by atoms with Crippen molar-refractivity contribution in [1.29, 1.82) is 0 Å². The Morgan fingerprint density at radius 3 is 2.53 bits per heavy atom. The Bertz CT molecular complexity index is 480. The van der Waals surface area contributed by atoms with Gasteiger partial charge in [-0.1, -0.05) is 15.9 Å². The first-order valence-electron chi connectivity index (χ1n) is 5.80. The lowest BCUT2D eigenvalue weighted by Gasteiger charge is -2.25. The zero-order valence-electron chi connectivity index (χ0n) is 10.9. The first-order valence-corrected chi connectivity index (χ1v) is 6.59. The fraction of sp³-hybridized carbons (Fsp3) is 0.385. The third-order valence-electron chi connectivity index (χ3n) is 2.60. The van der Waals surface area contributed by atoms with Crippen molar-refractivity contribution in [2.75, 3.05) is 5.73 Å². The van der Waals surface area contributed by atoms with Gasteiger partial charge in [0.15, 0.2) is 0 Å². The van der Waals surface area contributed by atoms with Crippen molar-refractivity contribution in [3.05, 3.63) is 28.2 Å². The maximum atomic E-state index is 12.1. The van der Waals surface area contributed by atoms with Gasteiger partial charge in [-0.25, -0.2) is 0 Å². The van der Waals surface area contributed by atoms with Gasteiger partial charge in [0.25, 0.3) is 5.91 Å². The summed E-state index contributed by atoms with van der Waals surface area (Å²) in [6, 6.07) is 4.94. The number of benzene rings is 1. The molecule has 19 heavy (non-hydrogen) atoms. The van der Waals surface area contributed by atoms with Crippen LogP contribution in [0.4, 0.5) is 5.69 Å². The van der Waals surface area contributed by atoms with Gasteiger partial charge < -0.3 is 16.2 Å². The smallest absolute Gasteiger partial charge is 0.303 e. The molecule has 0 bridgehead atoms. The number of carbonyl (C=O) groups excluding carboxylic acids is 1. The molecule has 5 nitrogen and oxygen atoms in total. The van der Waals surface area contributed by atoms with E-state index in [1.807, 2.05) is 0 Å². The average Bonchev–Trinajstić information content (AvgIpc) is 2.24. The molecule has 0 aliphatic heterocycles. The van der Waals surface area contributed by atoms with Gasteiger partial charge in [0.2, 0.25) is 0 Å². The van der Waals surface area contributed by atoms with Crippen molar-refractivity contribution in [2.45, 2.75) is 32.2 Å². The maximum Gasteiger partial charge on any atom is 0.303 e. The summed E-state index contributed by atoms with van der Waals surface area (Å²) in [6.07, 6.45) is 0.367. The molecule has 104 valence electrons. The summed E-state index contributed by atoms with van der Waals surface area (Å²) in [5.74, 6) is -1.16. The lowest BCUT2D eigenvalue weighted by Crippen LogP contribution is -2.43. The van der Waals surface area contributed by atoms with E-state index in [0.29, 0.717) is 17.7 Å². The number of carboxylic acids is 1. The SMILES string of the molecule is CC(C)(CCC(=O)O)NC(=O)c1cc(N)cc(Br)c1. The molecule has 0 aliphatic carbocycles. The molecule has 1 amide bonds. The van der Waals surface area contributed by atoms with E-state index >= 15 is 0 Å². The number of rotatable bonds is 5. The van der Waals surface area contributed by atoms with Crippen LogP contribution in [0.2, 0.25) is 0 Å². The van der Waals surface area contributed by atoms with Crippen LogP contribution in [-0.2, 0) is 4.79 Å². The Labute approximate surface area is 120 Å². The van der Waals surface area contributed by atoms with Gasteiger partial charge in [0.1, 0.15) is 0 Å². The Kier molecular flexibility index (Phi) is 4.94. The minimum atomic E-state index is -0.881. The van der Waals surface area contributed by atoms with Crippen LogP contribution in [-0.4, -0.2) is 22.5 Å². The molecule has 6 heteroatoms. The summed E-state index contributed by atoms with van der Waals surface area (Å²) < 4.78 is 0.723. The van der Waals surface area contributed by atoms with Crippen molar-refractivity contribution in [2.24, 2.45) is 0 Å². The highest BCUT2D eigenvalue weighted by molar-refractivity contribution is 9.10. The highest BCUT2D eigenvalue weighted by Crippen LogP contribution is 2.19. The monoisotopic (exact) mass is 328 g/mol. The van der Waals surface area contributed by atoms with Crippen LogP contribution < -0.4 is 11.1 Å². The normalized spacial score (nSPS) is 11.1. The third-order valence-corrected chi connectivity index (χ3v) is 3.06. The molecule has 0 atom stereocenters. The number of nitrogen functional groups attached to an aromatic ring is 1. The molecule has 0 saturated carbocycles. The van der Waals surface area contributed by atoms with Gasteiger partial charge in [0.05, 0.1) is 0 Å². The zero-order valence-corrected chi connectivity index (χ0v) is 12.5. The predicted molar refractivity (Wildman–Crippen MR) is 77.0 cm³/mol. The second-order valence-electron chi connectivity index (χ2n) is 5.00. The number of carboxylic acid groups (broad SMARTS) is 1. The van der Waals surface area contributed by atoms with E-state index < -0.39 is 11.5 Å². The lowest BCUT2D eigenvalue weighted by molar-refractivity contribution is -0.137. The molecule has 0 unspecified atom stereocenters. The molecule has 0 fully saturated rings. The second-order valence-corrected chi connectivity index (χ2v) is 5.92. The van der Waals surface area contributed by atoms with Crippen molar-refractivity contribution in [3.8, 4) is 0 Å². The molecule has 0 radical (unpaired) electrons. The quantitative estimate of drug-likeness (QED) is 0.723. The van der Waals surface area contributed by atoms with Crippen LogP contribution >= 0.6 is 15.9 Å². The number of aliphatic carboxylic acids is 1. The van der Waals surface area contributed by atoms with Crippen molar-refractivity contribution < 1.29 is 14.7 Å². The lowest BCUT2D eigenvalue weighted by atomic mass is 9.97. The largest absolute Gasteiger partial charge is 0.481 e. The Morgan fingerprint density at radius 2 is 2.00 bits per heavy atom. The number of carbonyl (C=O) groups is 2. The van der Waals surface area contributed by atoms with Crippen LogP contribution in [0.15, 0.2) is 22.7 Å². The summed E-state index contributed by atoms with van der Waals surface area (Å²) in [6.45, 7) is 3.57. The number of amides is 1. The van der Waals surface area contributed by atoms with Crippen LogP contribution in [0.5, 0.6) is 0 Å². The van der Waals surface area contributed by atoms with Gasteiger partial charge >= 0.3 is 5.97 Å². The van der Waals surface area contributed by atoms with E-state index in [4.69, 9.17) is 10.8 Å². The van der Waals surface area contributed by atoms with Crippen LogP contribution in [0.3, 0.4) is 0 Å². The fourth-order valence-electron chi connectivity index (χ4n) is 1.60. The van der Waals surface area contributed by atoms with E-state index in [-0.39, 0.29) is 12.3 Å². The summed E-state index contributed by atoms with van der Waals surface area (Å²) >= 11 is 3.27. The predicted octanol–water partition coefficient (Wildman–Crippen LogP) is 2.40. The third kappa shape index (κ3) is 5.30. The Hall–Kier alpha value is -1.56. The summed E-state index contributed by atoms with van der Waals surface area (Å²) in [4.78, 5) is 22.6. The Balaban J connectivity index is 2.75. The molecule has 0 aromatic heterocycles. The number of nitrogens with two attached hydrogens (primary N) is 1. The molecule has 4 N–H and O–H groups in total. The number of anilines is 1. The fourth-order valence-corrected chi connectivity index (χ4v) is 2.12. The molecule has 1 aromatic rings. The van der Waals surface area contributed by atoms with E-state index in [0.717, 1.165) is 4.47 Å². The van der Waals surface area contributed by atoms with Crippen LogP contribution in [0.1, 0.15) is 37.0 Å². The minimum Gasteiger partial charge on any atom is -0.481 e. The average molecular weight is 329 g/mol.